The molecule has 0 radical (unpaired) electrons. The van der Waals surface area contributed by atoms with Crippen molar-refractivity contribution in [3.63, 3.8) is 0 Å². The van der Waals surface area contributed by atoms with E-state index < -0.39 is 22.9 Å². The van der Waals surface area contributed by atoms with Gasteiger partial charge in [-0.25, -0.2) is 4.79 Å². The molecular weight excluding hydrogens is 338 g/mol. The fourth-order valence-corrected chi connectivity index (χ4v) is 2.19. The number of esters is 1. The maximum Gasteiger partial charge on any atom is 0.341 e. The van der Waals surface area contributed by atoms with Crippen LogP contribution in [0.3, 0.4) is 0 Å². The van der Waals surface area contributed by atoms with E-state index in [0.29, 0.717) is 5.69 Å². The molecule has 26 heavy (non-hydrogen) atoms. The zero-order chi connectivity index (χ0) is 19.3. The van der Waals surface area contributed by atoms with Crippen molar-refractivity contribution in [3.05, 3.63) is 63.7 Å². The number of amides is 1. The summed E-state index contributed by atoms with van der Waals surface area (Å²) in [6, 6.07) is 10.7. The first-order valence-corrected chi connectivity index (χ1v) is 7.96. The number of benzene rings is 2. The van der Waals surface area contributed by atoms with Crippen LogP contribution in [-0.4, -0.2) is 22.9 Å². The van der Waals surface area contributed by atoms with Gasteiger partial charge in [0, 0.05) is 17.8 Å². The molecule has 0 spiro atoms. The second-order valence-electron chi connectivity index (χ2n) is 5.62. The Labute approximate surface area is 150 Å². The number of hydrogen-bond donors (Lipinski definition) is 2. The molecule has 0 heterocycles. The minimum atomic E-state index is -1.07. The summed E-state index contributed by atoms with van der Waals surface area (Å²) < 4.78 is 5.10. The van der Waals surface area contributed by atoms with Crippen LogP contribution < -0.4 is 11.1 Å². The normalized spacial score (nSPS) is 11.5. The first kappa shape index (κ1) is 18.9. The van der Waals surface area contributed by atoms with Gasteiger partial charge in [0.2, 0.25) is 0 Å². The lowest BCUT2D eigenvalue weighted by Gasteiger charge is -2.14. The van der Waals surface area contributed by atoms with Crippen molar-refractivity contribution in [2.45, 2.75) is 26.4 Å². The molecule has 0 aliphatic carbocycles. The summed E-state index contributed by atoms with van der Waals surface area (Å²) in [4.78, 5) is 34.4. The molecular formula is C18H19N3O5. The summed E-state index contributed by atoms with van der Waals surface area (Å²) in [6.45, 7) is 3.45. The Hall–Kier alpha value is -3.42. The third-order valence-corrected chi connectivity index (χ3v) is 3.75. The van der Waals surface area contributed by atoms with Crippen molar-refractivity contribution in [2.75, 3.05) is 11.1 Å². The highest BCUT2D eigenvalue weighted by atomic mass is 16.6. The molecule has 136 valence electrons. The number of nitro groups is 1. The number of anilines is 2. The quantitative estimate of drug-likeness (QED) is 0.354. The maximum absolute atomic E-state index is 12.2. The van der Waals surface area contributed by atoms with Gasteiger partial charge < -0.3 is 15.8 Å². The number of hydrogen-bond acceptors (Lipinski definition) is 6. The van der Waals surface area contributed by atoms with Gasteiger partial charge in [0.05, 0.1) is 16.2 Å². The van der Waals surface area contributed by atoms with E-state index in [-0.39, 0.29) is 16.9 Å². The Kier molecular flexibility index (Phi) is 5.90. The van der Waals surface area contributed by atoms with Crippen molar-refractivity contribution in [2.24, 2.45) is 0 Å². The van der Waals surface area contributed by atoms with E-state index in [1.165, 1.54) is 13.0 Å². The van der Waals surface area contributed by atoms with E-state index >= 15 is 0 Å². The number of rotatable bonds is 6. The Morgan fingerprint density at radius 1 is 1.23 bits per heavy atom. The lowest BCUT2D eigenvalue weighted by atomic mass is 10.1. The molecule has 0 bridgehead atoms. The summed E-state index contributed by atoms with van der Waals surface area (Å²) in [7, 11) is 0. The number of carbonyl (C=O) groups excluding carboxylic acids is 2. The Morgan fingerprint density at radius 3 is 2.42 bits per heavy atom. The number of nitrogens with zero attached hydrogens (tertiary/aromatic N) is 1. The number of ether oxygens (including phenoxy) is 1. The third kappa shape index (κ3) is 4.56. The number of nitrogen functional groups attached to an aromatic ring is 1. The second-order valence-corrected chi connectivity index (χ2v) is 5.62. The largest absolute Gasteiger partial charge is 0.449 e. The van der Waals surface area contributed by atoms with E-state index in [1.54, 1.807) is 12.1 Å². The van der Waals surface area contributed by atoms with Crippen molar-refractivity contribution in [1.82, 2.24) is 0 Å². The van der Waals surface area contributed by atoms with Gasteiger partial charge >= 0.3 is 5.97 Å². The topological polar surface area (TPSA) is 125 Å². The fraction of sp³-hybridized carbons (Fsp3) is 0.222. The SMILES string of the molecule is CCc1ccc(NC(=O)[C@@H](C)OC(=O)c2ccc([N+](=O)[O-])cc2N)cc1. The number of nitrogens with one attached hydrogen (secondary N) is 1. The highest BCUT2D eigenvalue weighted by Crippen LogP contribution is 2.21. The monoisotopic (exact) mass is 357 g/mol. The van der Waals surface area contributed by atoms with Crippen molar-refractivity contribution >= 4 is 28.9 Å². The first-order valence-electron chi connectivity index (χ1n) is 7.96. The summed E-state index contributed by atoms with van der Waals surface area (Å²) in [5.41, 5.74) is 7.01. The van der Waals surface area contributed by atoms with Gasteiger partial charge in [-0.2, -0.15) is 0 Å². The zero-order valence-corrected chi connectivity index (χ0v) is 14.4. The average Bonchev–Trinajstić information content (AvgIpc) is 2.61. The molecule has 1 amide bonds. The number of aryl methyl sites for hydroxylation is 1. The molecule has 0 fully saturated rings. The second kappa shape index (κ2) is 8.11. The predicted octanol–water partition coefficient (Wildman–Crippen LogP) is 2.92. The van der Waals surface area contributed by atoms with Crippen LogP contribution >= 0.6 is 0 Å². The van der Waals surface area contributed by atoms with Gasteiger partial charge in [-0.15, -0.1) is 0 Å². The van der Waals surface area contributed by atoms with Gasteiger partial charge in [0.1, 0.15) is 0 Å². The molecule has 2 aromatic rings. The molecule has 0 aliphatic rings. The molecule has 2 aromatic carbocycles. The lowest BCUT2D eigenvalue weighted by molar-refractivity contribution is -0.384. The van der Waals surface area contributed by atoms with Crippen LogP contribution in [0.5, 0.6) is 0 Å². The fourth-order valence-electron chi connectivity index (χ4n) is 2.19. The van der Waals surface area contributed by atoms with Crippen LogP contribution in [0.1, 0.15) is 29.8 Å². The van der Waals surface area contributed by atoms with Crippen LogP contribution in [0.25, 0.3) is 0 Å². The molecule has 1 atom stereocenters. The number of nitro benzene ring substituents is 1. The summed E-state index contributed by atoms with van der Waals surface area (Å²) >= 11 is 0. The summed E-state index contributed by atoms with van der Waals surface area (Å²) in [6.07, 6.45) is -0.179. The predicted molar refractivity (Wildman–Crippen MR) is 96.8 cm³/mol. The van der Waals surface area contributed by atoms with Crippen LogP contribution in [0, 0.1) is 10.1 Å². The first-order chi connectivity index (χ1) is 12.3. The van der Waals surface area contributed by atoms with E-state index in [9.17, 15) is 19.7 Å². The standard InChI is InChI=1S/C18H19N3O5/c1-3-12-4-6-13(7-5-12)20-17(22)11(2)26-18(23)15-9-8-14(21(24)25)10-16(15)19/h4-11H,3,19H2,1-2H3,(H,20,22)/t11-/m1/s1. The van der Waals surface area contributed by atoms with Gasteiger partial charge in [0.15, 0.2) is 6.10 Å². The Bertz CT molecular complexity index is 833. The molecule has 0 aromatic heterocycles. The molecule has 8 nitrogen and oxygen atoms in total. The molecule has 0 saturated heterocycles. The molecule has 0 aliphatic heterocycles. The van der Waals surface area contributed by atoms with Crippen LogP contribution in [0.4, 0.5) is 17.1 Å². The molecule has 0 unspecified atom stereocenters. The molecule has 8 heteroatoms. The molecule has 3 N–H and O–H groups in total. The zero-order valence-electron chi connectivity index (χ0n) is 14.4. The van der Waals surface area contributed by atoms with Gasteiger partial charge in [0.25, 0.3) is 11.6 Å². The maximum atomic E-state index is 12.2. The Morgan fingerprint density at radius 2 is 1.88 bits per heavy atom. The molecule has 0 saturated carbocycles. The van der Waals surface area contributed by atoms with Crippen LogP contribution in [0.15, 0.2) is 42.5 Å². The highest BCUT2D eigenvalue weighted by molar-refractivity contribution is 5.99. The number of non-ortho nitro benzene ring substituents is 1. The minimum absolute atomic E-state index is 0.0393. The van der Waals surface area contributed by atoms with Gasteiger partial charge in [-0.05, 0) is 37.1 Å². The lowest BCUT2D eigenvalue weighted by Crippen LogP contribution is -2.30. The van der Waals surface area contributed by atoms with E-state index in [2.05, 4.69) is 5.32 Å². The smallest absolute Gasteiger partial charge is 0.341 e. The van der Waals surface area contributed by atoms with Crippen molar-refractivity contribution in [3.8, 4) is 0 Å². The van der Waals surface area contributed by atoms with Gasteiger partial charge in [-0.1, -0.05) is 19.1 Å². The molecule has 2 rings (SSSR count). The number of nitrogens with two attached hydrogens (primary N) is 1. The van der Waals surface area contributed by atoms with E-state index in [4.69, 9.17) is 10.5 Å². The summed E-state index contributed by atoms with van der Waals surface area (Å²) in [5, 5.41) is 13.3. The number of carbonyl (C=O) groups is 2. The van der Waals surface area contributed by atoms with Crippen LogP contribution in [-0.2, 0) is 16.0 Å². The summed E-state index contributed by atoms with van der Waals surface area (Å²) in [5.74, 6) is -1.33. The minimum Gasteiger partial charge on any atom is -0.449 e. The van der Waals surface area contributed by atoms with Gasteiger partial charge in [-0.3, -0.25) is 14.9 Å². The third-order valence-electron chi connectivity index (χ3n) is 3.75. The Balaban J connectivity index is 2.01. The van der Waals surface area contributed by atoms with E-state index in [0.717, 1.165) is 24.1 Å². The highest BCUT2D eigenvalue weighted by Gasteiger charge is 2.21. The van der Waals surface area contributed by atoms with Crippen LogP contribution in [0.2, 0.25) is 0 Å². The van der Waals surface area contributed by atoms with Crippen molar-refractivity contribution in [1.29, 1.82) is 0 Å². The average molecular weight is 357 g/mol. The van der Waals surface area contributed by atoms with Crippen molar-refractivity contribution < 1.29 is 19.2 Å². The van der Waals surface area contributed by atoms with E-state index in [1.807, 2.05) is 19.1 Å².